The number of carbonyl (C=O) groups is 2. The number of amides is 1. The van der Waals surface area contributed by atoms with Gasteiger partial charge in [0.2, 0.25) is 5.91 Å². The highest BCUT2D eigenvalue weighted by atomic mass is 16.5. The number of ether oxygens (including phenoxy) is 1. The van der Waals surface area contributed by atoms with Crippen LogP contribution in [0, 0.1) is 0 Å². The van der Waals surface area contributed by atoms with Crippen LogP contribution in [0.5, 0.6) is 0 Å². The maximum atomic E-state index is 12.5. The first-order chi connectivity index (χ1) is 34.0. The average Bonchev–Trinajstić information content (AvgIpc) is 3.35. The first kappa shape index (κ1) is 67.3. The Labute approximate surface area is 431 Å². The minimum atomic E-state index is -0.855. The standard InChI is InChI=1S/C63H121NO5/c1-3-5-7-9-11-13-15-17-19-21-23-25-29-33-37-41-45-49-53-57-63(68)69-58-54-50-46-42-38-34-30-26-28-32-36-40-44-48-52-56-62(67)64-60(59-65)61(66)55-51-47-43-39-35-31-27-24-22-20-18-16-14-12-10-8-6-4-2/h30,34,51,55,60-61,65-66H,3-29,31-33,35-50,52-54,56-59H2,1-2H3,(H,64,67)/b34-30-,55-51+. The van der Waals surface area contributed by atoms with E-state index in [0.717, 1.165) is 70.6 Å². The summed E-state index contributed by atoms with van der Waals surface area (Å²) in [6.07, 6.45) is 72.1. The van der Waals surface area contributed by atoms with Crippen molar-refractivity contribution in [3.63, 3.8) is 0 Å². The van der Waals surface area contributed by atoms with Crippen LogP contribution in [0.25, 0.3) is 0 Å². The molecule has 0 aliphatic carbocycles. The van der Waals surface area contributed by atoms with Crippen LogP contribution in [-0.4, -0.2) is 47.4 Å². The molecular weight excluding hydrogens is 851 g/mol. The van der Waals surface area contributed by atoms with Crippen LogP contribution < -0.4 is 5.32 Å². The van der Waals surface area contributed by atoms with Gasteiger partial charge in [0, 0.05) is 12.8 Å². The van der Waals surface area contributed by atoms with Gasteiger partial charge in [-0.15, -0.1) is 0 Å². The fourth-order valence-corrected chi connectivity index (χ4v) is 9.69. The molecule has 6 nitrogen and oxygen atoms in total. The van der Waals surface area contributed by atoms with Crippen molar-refractivity contribution in [1.29, 1.82) is 0 Å². The molecule has 0 aliphatic heterocycles. The summed E-state index contributed by atoms with van der Waals surface area (Å²) in [5.74, 6) is -0.0865. The van der Waals surface area contributed by atoms with Gasteiger partial charge in [-0.05, 0) is 57.8 Å². The van der Waals surface area contributed by atoms with E-state index >= 15 is 0 Å². The zero-order valence-corrected chi connectivity index (χ0v) is 46.6. The molecule has 0 radical (unpaired) electrons. The number of nitrogens with one attached hydrogen (secondary N) is 1. The number of unbranched alkanes of at least 4 members (excludes halogenated alkanes) is 45. The predicted molar refractivity (Wildman–Crippen MR) is 301 cm³/mol. The Bertz CT molecular complexity index is 1080. The molecule has 2 unspecified atom stereocenters. The quantitative estimate of drug-likeness (QED) is 0.0321. The molecule has 0 bridgehead atoms. The Morgan fingerprint density at radius 3 is 1.03 bits per heavy atom. The number of allylic oxidation sites excluding steroid dienone is 3. The lowest BCUT2D eigenvalue weighted by Crippen LogP contribution is -2.45. The highest BCUT2D eigenvalue weighted by molar-refractivity contribution is 5.76. The van der Waals surface area contributed by atoms with Crippen molar-refractivity contribution in [2.45, 2.75) is 353 Å². The van der Waals surface area contributed by atoms with E-state index in [2.05, 4.69) is 31.3 Å². The van der Waals surface area contributed by atoms with Crippen molar-refractivity contribution in [3.8, 4) is 0 Å². The summed E-state index contributed by atoms with van der Waals surface area (Å²) in [7, 11) is 0. The lowest BCUT2D eigenvalue weighted by molar-refractivity contribution is -0.143. The van der Waals surface area contributed by atoms with Crippen molar-refractivity contribution in [3.05, 3.63) is 24.3 Å². The topological polar surface area (TPSA) is 95.9 Å². The van der Waals surface area contributed by atoms with E-state index in [0.29, 0.717) is 19.4 Å². The Kier molecular flexibility index (Phi) is 57.5. The third-order valence-corrected chi connectivity index (χ3v) is 14.5. The second kappa shape index (κ2) is 58.9. The van der Waals surface area contributed by atoms with Gasteiger partial charge in [-0.3, -0.25) is 9.59 Å². The van der Waals surface area contributed by atoms with Crippen LogP contribution in [0.2, 0.25) is 0 Å². The predicted octanol–water partition coefficient (Wildman–Crippen LogP) is 19.4. The van der Waals surface area contributed by atoms with Crippen LogP contribution >= 0.6 is 0 Å². The molecule has 0 aromatic heterocycles. The smallest absolute Gasteiger partial charge is 0.305 e. The number of aliphatic hydroxyl groups excluding tert-OH is 2. The van der Waals surface area contributed by atoms with Crippen molar-refractivity contribution in [2.75, 3.05) is 13.2 Å². The third kappa shape index (κ3) is 55.5. The van der Waals surface area contributed by atoms with E-state index in [9.17, 15) is 19.8 Å². The first-order valence-corrected chi connectivity index (χ1v) is 31.1. The molecule has 0 aliphatic rings. The molecule has 0 rings (SSSR count). The molecule has 6 heteroatoms. The molecule has 1 amide bonds. The van der Waals surface area contributed by atoms with E-state index in [1.54, 1.807) is 6.08 Å². The molecule has 0 fully saturated rings. The Balaban J connectivity index is 3.47. The molecule has 0 aromatic carbocycles. The van der Waals surface area contributed by atoms with E-state index in [1.807, 2.05) is 6.08 Å². The molecule has 408 valence electrons. The summed E-state index contributed by atoms with van der Waals surface area (Å²) < 4.78 is 5.48. The number of esters is 1. The van der Waals surface area contributed by atoms with Crippen LogP contribution in [0.3, 0.4) is 0 Å². The fourth-order valence-electron chi connectivity index (χ4n) is 9.69. The second-order valence-corrected chi connectivity index (χ2v) is 21.4. The molecular formula is C63H121NO5. The maximum absolute atomic E-state index is 12.5. The minimum absolute atomic E-state index is 0.00592. The number of rotatable bonds is 58. The van der Waals surface area contributed by atoms with E-state index in [1.165, 1.54) is 244 Å². The summed E-state index contributed by atoms with van der Waals surface area (Å²) in [5.41, 5.74) is 0. The zero-order chi connectivity index (χ0) is 50.0. The van der Waals surface area contributed by atoms with E-state index < -0.39 is 12.1 Å². The number of carbonyl (C=O) groups excluding carboxylic acids is 2. The molecule has 0 saturated heterocycles. The van der Waals surface area contributed by atoms with Crippen molar-refractivity contribution in [1.82, 2.24) is 5.32 Å². The van der Waals surface area contributed by atoms with Gasteiger partial charge in [-0.25, -0.2) is 0 Å². The molecule has 0 heterocycles. The normalized spacial score (nSPS) is 12.7. The first-order valence-electron chi connectivity index (χ1n) is 31.1. The minimum Gasteiger partial charge on any atom is -0.466 e. The van der Waals surface area contributed by atoms with Crippen LogP contribution in [0.1, 0.15) is 341 Å². The van der Waals surface area contributed by atoms with Crippen LogP contribution in [0.15, 0.2) is 24.3 Å². The summed E-state index contributed by atoms with van der Waals surface area (Å²) in [6.45, 7) is 4.90. The van der Waals surface area contributed by atoms with Crippen molar-refractivity contribution < 1.29 is 24.5 Å². The molecule has 69 heavy (non-hydrogen) atoms. The van der Waals surface area contributed by atoms with Gasteiger partial charge in [0.1, 0.15) is 0 Å². The Morgan fingerprint density at radius 1 is 0.391 bits per heavy atom. The SMILES string of the molecule is CCCCCCCCCCCCCCCCCC/C=C/C(O)C(CO)NC(=O)CCCCCCCCC/C=C\CCCCCCOC(=O)CCCCCCCCCCCCCCCCCCCCC. The monoisotopic (exact) mass is 972 g/mol. The van der Waals surface area contributed by atoms with Gasteiger partial charge < -0.3 is 20.3 Å². The van der Waals surface area contributed by atoms with E-state index in [-0.39, 0.29) is 18.5 Å². The van der Waals surface area contributed by atoms with Crippen molar-refractivity contribution in [2.24, 2.45) is 0 Å². The van der Waals surface area contributed by atoms with E-state index in [4.69, 9.17) is 4.74 Å². The maximum Gasteiger partial charge on any atom is 0.305 e. The number of hydrogen-bond acceptors (Lipinski definition) is 5. The van der Waals surface area contributed by atoms with Gasteiger partial charge in [0.15, 0.2) is 0 Å². The second-order valence-electron chi connectivity index (χ2n) is 21.4. The lowest BCUT2D eigenvalue weighted by atomic mass is 10.0. The van der Waals surface area contributed by atoms with Crippen LogP contribution in [-0.2, 0) is 14.3 Å². The number of hydrogen-bond donors (Lipinski definition) is 3. The van der Waals surface area contributed by atoms with Crippen molar-refractivity contribution >= 4 is 11.9 Å². The summed E-state index contributed by atoms with van der Waals surface area (Å²) in [4.78, 5) is 24.6. The Hall–Kier alpha value is -1.66. The van der Waals surface area contributed by atoms with Gasteiger partial charge in [-0.2, -0.15) is 0 Å². The average molecular weight is 973 g/mol. The van der Waals surface area contributed by atoms with Crippen LogP contribution in [0.4, 0.5) is 0 Å². The lowest BCUT2D eigenvalue weighted by Gasteiger charge is -2.20. The summed E-state index contributed by atoms with van der Waals surface area (Å²) >= 11 is 0. The molecule has 0 saturated carbocycles. The van der Waals surface area contributed by atoms with Gasteiger partial charge in [0.05, 0.1) is 25.4 Å². The molecule has 0 aromatic rings. The summed E-state index contributed by atoms with van der Waals surface area (Å²) in [6, 6.07) is -0.639. The van der Waals surface area contributed by atoms with Gasteiger partial charge >= 0.3 is 5.97 Å². The highest BCUT2D eigenvalue weighted by Crippen LogP contribution is 2.17. The van der Waals surface area contributed by atoms with Gasteiger partial charge in [-0.1, -0.05) is 295 Å². The largest absolute Gasteiger partial charge is 0.466 e. The molecule has 2 atom stereocenters. The highest BCUT2D eigenvalue weighted by Gasteiger charge is 2.18. The van der Waals surface area contributed by atoms with Gasteiger partial charge in [0.25, 0.3) is 0 Å². The third-order valence-electron chi connectivity index (χ3n) is 14.5. The Morgan fingerprint density at radius 2 is 0.681 bits per heavy atom. The fraction of sp³-hybridized carbons (Fsp3) is 0.905. The number of aliphatic hydroxyl groups is 2. The molecule has 0 spiro atoms. The molecule has 3 N–H and O–H groups in total. The zero-order valence-electron chi connectivity index (χ0n) is 46.6. The summed E-state index contributed by atoms with van der Waals surface area (Å²) in [5, 5.41) is 23.2.